The van der Waals surface area contributed by atoms with Crippen molar-refractivity contribution in [2.75, 3.05) is 32.7 Å². The van der Waals surface area contributed by atoms with E-state index in [1.54, 1.807) is 0 Å². The summed E-state index contributed by atoms with van der Waals surface area (Å²) in [6.45, 7) is 4.34. The third-order valence-electron chi connectivity index (χ3n) is 6.86. The summed E-state index contributed by atoms with van der Waals surface area (Å²) in [6.07, 6.45) is 3.30. The summed E-state index contributed by atoms with van der Waals surface area (Å²) in [5.41, 5.74) is 1.74. The number of carbonyl (C=O) groups excluding carboxylic acids is 1. The second kappa shape index (κ2) is 11.1. The normalized spacial score (nSPS) is 20.5. The first-order valence-corrected chi connectivity index (χ1v) is 13.4. The zero-order chi connectivity index (χ0) is 24.0. The van der Waals surface area contributed by atoms with E-state index in [0.717, 1.165) is 32.5 Å². The van der Waals surface area contributed by atoms with Crippen LogP contribution in [0.4, 0.5) is 0 Å². The Hall–Kier alpha value is -2.73. The van der Waals surface area contributed by atoms with Crippen LogP contribution in [0.2, 0.25) is 0 Å². The topological polar surface area (TPSA) is 93.5 Å². The van der Waals surface area contributed by atoms with Crippen LogP contribution in [0.1, 0.15) is 36.8 Å². The van der Waals surface area contributed by atoms with Crippen LogP contribution in [-0.4, -0.2) is 56.3 Å². The molecule has 7 nitrogen and oxygen atoms in total. The molecule has 2 saturated heterocycles. The van der Waals surface area contributed by atoms with Crippen molar-refractivity contribution >= 4 is 15.9 Å². The minimum atomic E-state index is -3.61. The summed E-state index contributed by atoms with van der Waals surface area (Å²) in [7, 11) is -3.61. The van der Waals surface area contributed by atoms with E-state index in [1.807, 2.05) is 12.1 Å². The van der Waals surface area contributed by atoms with Crippen molar-refractivity contribution in [1.82, 2.24) is 14.5 Å². The number of rotatable bonds is 7. The van der Waals surface area contributed by atoms with Crippen molar-refractivity contribution in [3.63, 3.8) is 0 Å². The Morgan fingerprint density at radius 3 is 2.38 bits per heavy atom. The van der Waals surface area contributed by atoms with Crippen LogP contribution in [0, 0.1) is 23.2 Å². The molecule has 1 amide bonds. The molecule has 180 valence electrons. The molecule has 4 rings (SSSR count). The van der Waals surface area contributed by atoms with Gasteiger partial charge in [-0.2, -0.15) is 9.57 Å². The number of carbonyl (C=O) groups is 1. The fraction of sp³-hybridized carbons (Fsp3) is 0.462. The molecule has 8 heteroatoms. The number of piperidine rings is 2. The van der Waals surface area contributed by atoms with Crippen molar-refractivity contribution in [1.29, 1.82) is 5.26 Å². The second-order valence-corrected chi connectivity index (χ2v) is 11.2. The fourth-order valence-corrected chi connectivity index (χ4v) is 6.37. The van der Waals surface area contributed by atoms with Crippen LogP contribution in [0.15, 0.2) is 59.5 Å². The quantitative estimate of drug-likeness (QED) is 0.658. The molecule has 0 aromatic heterocycles. The maximum Gasteiger partial charge on any atom is 0.243 e. The molecule has 2 aliphatic rings. The summed E-state index contributed by atoms with van der Waals surface area (Å²) < 4.78 is 27.2. The first-order valence-electron chi connectivity index (χ1n) is 12.0. The molecule has 2 aromatic rings. The predicted molar refractivity (Wildman–Crippen MR) is 130 cm³/mol. The minimum absolute atomic E-state index is 0.0376. The molecule has 0 bridgehead atoms. The van der Waals surface area contributed by atoms with Gasteiger partial charge in [0.05, 0.1) is 16.5 Å². The number of nitrogens with one attached hydrogen (secondary N) is 1. The molecule has 1 atom stereocenters. The third kappa shape index (κ3) is 6.03. The Labute approximate surface area is 202 Å². The molecule has 2 aliphatic heterocycles. The van der Waals surface area contributed by atoms with Gasteiger partial charge >= 0.3 is 0 Å². The molecule has 0 aliphatic carbocycles. The van der Waals surface area contributed by atoms with Gasteiger partial charge in [-0.1, -0.05) is 30.3 Å². The molecular formula is C26H32N4O3S. The molecular weight excluding hydrogens is 448 g/mol. The summed E-state index contributed by atoms with van der Waals surface area (Å²) >= 11 is 0. The average Bonchev–Trinajstić information content (AvgIpc) is 2.88. The van der Waals surface area contributed by atoms with E-state index < -0.39 is 10.0 Å². The Morgan fingerprint density at radius 1 is 1.00 bits per heavy atom. The van der Waals surface area contributed by atoms with Crippen molar-refractivity contribution in [3.05, 3.63) is 65.7 Å². The molecule has 1 unspecified atom stereocenters. The Bertz CT molecular complexity index is 1100. The van der Waals surface area contributed by atoms with Gasteiger partial charge in [0.15, 0.2) is 0 Å². The standard InChI is InChI=1S/C26H32N4O3S/c27-17-21-8-10-25(11-9-21)34(32,33)30-15-12-24(13-16-30)26(31)28-18-23-7-4-14-29(20-23)19-22-5-2-1-3-6-22/h1-3,5-6,8-11,23-24H,4,7,12-16,18-20H2,(H,28,31). The first-order chi connectivity index (χ1) is 16.5. The molecule has 0 saturated carbocycles. The predicted octanol–water partition coefficient (Wildman–Crippen LogP) is 2.99. The summed E-state index contributed by atoms with van der Waals surface area (Å²) in [5.74, 6) is 0.324. The Balaban J connectivity index is 1.23. The lowest BCUT2D eigenvalue weighted by Gasteiger charge is -2.34. The third-order valence-corrected chi connectivity index (χ3v) is 8.78. The van der Waals surface area contributed by atoms with E-state index in [0.29, 0.717) is 44.0 Å². The molecule has 2 fully saturated rings. The lowest BCUT2D eigenvalue weighted by atomic mass is 9.95. The number of likely N-dealkylation sites (tertiary alicyclic amines) is 1. The first kappa shape index (κ1) is 24.4. The zero-order valence-electron chi connectivity index (χ0n) is 19.4. The number of hydrogen-bond donors (Lipinski definition) is 1. The Morgan fingerprint density at radius 2 is 1.71 bits per heavy atom. The highest BCUT2D eigenvalue weighted by atomic mass is 32.2. The van der Waals surface area contributed by atoms with Gasteiger partial charge in [-0.3, -0.25) is 9.69 Å². The van der Waals surface area contributed by atoms with Crippen LogP contribution in [0.3, 0.4) is 0 Å². The lowest BCUT2D eigenvalue weighted by Crippen LogP contribution is -2.45. The van der Waals surface area contributed by atoms with E-state index in [2.05, 4.69) is 34.5 Å². The number of nitrogens with zero attached hydrogens (tertiary/aromatic N) is 3. The van der Waals surface area contributed by atoms with Crippen molar-refractivity contribution in [3.8, 4) is 6.07 Å². The van der Waals surface area contributed by atoms with Gasteiger partial charge in [0.1, 0.15) is 0 Å². The highest BCUT2D eigenvalue weighted by Crippen LogP contribution is 2.25. The molecule has 2 aromatic carbocycles. The number of nitriles is 1. The highest BCUT2D eigenvalue weighted by Gasteiger charge is 2.32. The lowest BCUT2D eigenvalue weighted by molar-refractivity contribution is -0.126. The average molecular weight is 481 g/mol. The van der Waals surface area contributed by atoms with Gasteiger partial charge in [-0.05, 0) is 68.0 Å². The van der Waals surface area contributed by atoms with Gasteiger partial charge in [-0.25, -0.2) is 8.42 Å². The maximum atomic E-state index is 12.9. The molecule has 2 heterocycles. The van der Waals surface area contributed by atoms with Crippen LogP contribution >= 0.6 is 0 Å². The van der Waals surface area contributed by atoms with Crippen molar-refractivity contribution < 1.29 is 13.2 Å². The van der Waals surface area contributed by atoms with Crippen molar-refractivity contribution in [2.24, 2.45) is 11.8 Å². The van der Waals surface area contributed by atoms with Crippen LogP contribution in [-0.2, 0) is 21.4 Å². The van der Waals surface area contributed by atoms with Crippen LogP contribution in [0.25, 0.3) is 0 Å². The summed E-state index contributed by atoms with van der Waals surface area (Å²) in [4.78, 5) is 15.4. The number of benzene rings is 2. The van der Waals surface area contributed by atoms with Crippen LogP contribution in [0.5, 0.6) is 0 Å². The van der Waals surface area contributed by atoms with E-state index >= 15 is 0 Å². The van der Waals surface area contributed by atoms with Gasteiger partial charge in [0, 0.05) is 38.6 Å². The van der Waals surface area contributed by atoms with E-state index in [1.165, 1.54) is 34.1 Å². The van der Waals surface area contributed by atoms with Gasteiger partial charge in [0.2, 0.25) is 15.9 Å². The molecule has 1 N–H and O–H groups in total. The number of sulfonamides is 1. The molecule has 0 spiro atoms. The van der Waals surface area contributed by atoms with E-state index in [-0.39, 0.29) is 16.7 Å². The molecule has 0 radical (unpaired) electrons. The van der Waals surface area contributed by atoms with Crippen molar-refractivity contribution in [2.45, 2.75) is 37.1 Å². The van der Waals surface area contributed by atoms with E-state index in [9.17, 15) is 13.2 Å². The van der Waals surface area contributed by atoms with E-state index in [4.69, 9.17) is 5.26 Å². The SMILES string of the molecule is N#Cc1ccc(S(=O)(=O)N2CCC(C(=O)NCC3CCCN(Cc4ccccc4)C3)CC2)cc1. The monoisotopic (exact) mass is 480 g/mol. The van der Waals surface area contributed by atoms with Gasteiger partial charge in [0.25, 0.3) is 0 Å². The summed E-state index contributed by atoms with van der Waals surface area (Å²) in [5, 5.41) is 12.1. The smallest absolute Gasteiger partial charge is 0.243 e. The minimum Gasteiger partial charge on any atom is -0.356 e. The maximum absolute atomic E-state index is 12.9. The highest BCUT2D eigenvalue weighted by molar-refractivity contribution is 7.89. The molecule has 34 heavy (non-hydrogen) atoms. The Kier molecular flexibility index (Phi) is 7.99. The number of amides is 1. The largest absolute Gasteiger partial charge is 0.356 e. The van der Waals surface area contributed by atoms with Crippen LogP contribution < -0.4 is 5.32 Å². The summed E-state index contributed by atoms with van der Waals surface area (Å²) in [6, 6.07) is 18.4. The fourth-order valence-electron chi connectivity index (χ4n) is 4.90. The second-order valence-electron chi connectivity index (χ2n) is 9.29. The number of hydrogen-bond acceptors (Lipinski definition) is 5. The van der Waals surface area contributed by atoms with Gasteiger partial charge in [-0.15, -0.1) is 0 Å². The zero-order valence-corrected chi connectivity index (χ0v) is 20.2. The van der Waals surface area contributed by atoms with Gasteiger partial charge < -0.3 is 5.32 Å².